The maximum Gasteiger partial charge on any atom is 0.174 e. The number of benzene rings is 1. The summed E-state index contributed by atoms with van der Waals surface area (Å²) in [5.74, 6) is 0. The van der Waals surface area contributed by atoms with Crippen LogP contribution in [0.3, 0.4) is 0 Å². The van der Waals surface area contributed by atoms with E-state index in [9.17, 15) is 40.9 Å². The van der Waals surface area contributed by atoms with E-state index in [4.69, 9.17) is 9.47 Å². The van der Waals surface area contributed by atoms with E-state index in [0.717, 1.165) is 0 Å². The van der Waals surface area contributed by atoms with Crippen LogP contribution in [0.25, 0.3) is 0 Å². The van der Waals surface area contributed by atoms with Crippen molar-refractivity contribution in [1.82, 2.24) is 0 Å². The first-order valence-corrected chi connectivity index (χ1v) is 10.4. The molecule has 2 saturated heterocycles. The maximum absolute atomic E-state index is 10.6. The Labute approximate surface area is 187 Å². The average molecular weight is 469 g/mol. The van der Waals surface area contributed by atoms with E-state index < -0.39 is 79.8 Å². The minimum absolute atomic E-state index is 0.421. The molecule has 1 aromatic carbocycles. The van der Waals surface area contributed by atoms with E-state index in [1.54, 1.807) is 24.3 Å². The summed E-state index contributed by atoms with van der Waals surface area (Å²) in [5.41, 5.74) is -0.640. The lowest BCUT2D eigenvalue weighted by atomic mass is 9.78. The number of aliphatic hydroxyl groups is 8. The van der Waals surface area contributed by atoms with Gasteiger partial charge in [0, 0.05) is 0 Å². The Morgan fingerprint density at radius 1 is 0.727 bits per heavy atom. The predicted octanol–water partition coefficient (Wildman–Crippen LogP) is -3.31. The van der Waals surface area contributed by atoms with Gasteiger partial charge in [-0.3, -0.25) is 0 Å². The van der Waals surface area contributed by atoms with Crippen molar-refractivity contribution in [3.63, 3.8) is 0 Å². The predicted molar refractivity (Wildman–Crippen MR) is 108 cm³/mol. The Morgan fingerprint density at radius 3 is 1.85 bits per heavy atom. The molecule has 4 rings (SSSR count). The molecule has 0 aliphatic carbocycles. The van der Waals surface area contributed by atoms with Gasteiger partial charge >= 0.3 is 0 Å². The molecule has 13 nitrogen and oxygen atoms in total. The monoisotopic (exact) mass is 469 g/mol. The number of rotatable bonds is 5. The molecule has 3 aliphatic heterocycles. The molecule has 2 fully saturated rings. The zero-order valence-electron chi connectivity index (χ0n) is 17.3. The van der Waals surface area contributed by atoms with Gasteiger partial charge in [0.1, 0.15) is 61.0 Å². The summed E-state index contributed by atoms with van der Waals surface area (Å²) in [7, 11) is 0. The van der Waals surface area contributed by atoms with Crippen molar-refractivity contribution in [2.75, 3.05) is 13.2 Å². The molecule has 13 heteroatoms. The van der Waals surface area contributed by atoms with E-state index >= 15 is 0 Å². The molecule has 3 heterocycles. The Morgan fingerprint density at radius 2 is 1.30 bits per heavy atom. The summed E-state index contributed by atoms with van der Waals surface area (Å²) >= 11 is 0. The van der Waals surface area contributed by atoms with Crippen LogP contribution in [-0.2, 0) is 15.0 Å². The summed E-state index contributed by atoms with van der Waals surface area (Å²) in [6.07, 6.45) is -12.4. The van der Waals surface area contributed by atoms with Crippen LogP contribution < -0.4 is 0 Å². The topological polar surface area (TPSA) is 217 Å². The first kappa shape index (κ1) is 24.2. The van der Waals surface area contributed by atoms with Gasteiger partial charge in [0.15, 0.2) is 5.54 Å². The molecule has 182 valence electrons. The normalized spacial score (nSPS) is 45.5. The molecule has 33 heavy (non-hydrogen) atoms. The van der Waals surface area contributed by atoms with Gasteiger partial charge in [-0.2, -0.15) is 0 Å². The molecular formula is C20H27N3O10. The minimum Gasteiger partial charge on any atom is -0.394 e. The third-order valence-corrected chi connectivity index (χ3v) is 6.44. The second-order valence-electron chi connectivity index (χ2n) is 8.38. The van der Waals surface area contributed by atoms with E-state index in [1.807, 2.05) is 0 Å². The van der Waals surface area contributed by atoms with Crippen LogP contribution in [0.15, 0.2) is 39.7 Å². The van der Waals surface area contributed by atoms with Gasteiger partial charge in [0.25, 0.3) is 0 Å². The molecule has 0 aromatic heterocycles. The van der Waals surface area contributed by atoms with Crippen molar-refractivity contribution in [1.29, 1.82) is 0 Å². The third kappa shape index (κ3) is 4.00. The van der Waals surface area contributed by atoms with Crippen molar-refractivity contribution >= 4 is 6.21 Å². The minimum atomic E-state index is -1.62. The van der Waals surface area contributed by atoms with E-state index in [1.165, 1.54) is 6.21 Å². The second kappa shape index (κ2) is 9.38. The number of nitrogens with zero attached hydrogens (tertiary/aromatic N) is 3. The number of ether oxygens (including phenoxy) is 2. The van der Waals surface area contributed by atoms with Crippen molar-refractivity contribution in [3.05, 3.63) is 35.4 Å². The van der Waals surface area contributed by atoms with Crippen LogP contribution in [0.2, 0.25) is 0 Å². The highest BCUT2D eigenvalue weighted by Crippen LogP contribution is 2.40. The van der Waals surface area contributed by atoms with Gasteiger partial charge in [0.05, 0.1) is 19.4 Å². The van der Waals surface area contributed by atoms with Gasteiger partial charge < -0.3 is 50.3 Å². The molecule has 1 unspecified atom stereocenters. The fourth-order valence-corrected chi connectivity index (χ4v) is 4.45. The average Bonchev–Trinajstić information content (AvgIpc) is 3.32. The number of aliphatic hydroxyl groups excluding tert-OH is 8. The van der Waals surface area contributed by atoms with E-state index in [0.29, 0.717) is 11.1 Å². The summed E-state index contributed by atoms with van der Waals surface area (Å²) < 4.78 is 11.2. The lowest BCUT2D eigenvalue weighted by molar-refractivity contribution is -0.238. The standard InChI is InChI=1S/C20H27N3O10/c24-5-10-12(26)14(28)16(30)18(32-10)8-1-3-9(4-2-8)20(7-21-23-22-20)19-17(31)15(29)13(27)11(6-25)33-19/h1-4,7,10-19,24-31H,5-6H2/t10-,11-,12-,13-,14+,15+,16+,17-,18-,19+,20?/m1/s1. The van der Waals surface area contributed by atoms with Crippen LogP contribution >= 0.6 is 0 Å². The molecule has 0 bridgehead atoms. The zero-order valence-corrected chi connectivity index (χ0v) is 17.3. The quantitative estimate of drug-likeness (QED) is 0.215. The number of hydrogen-bond donors (Lipinski definition) is 8. The molecule has 0 spiro atoms. The Hall–Kier alpha value is -1.91. The highest BCUT2D eigenvalue weighted by Gasteiger charge is 2.55. The lowest BCUT2D eigenvalue weighted by Crippen LogP contribution is -2.63. The highest BCUT2D eigenvalue weighted by atomic mass is 16.6. The molecule has 1 aromatic rings. The van der Waals surface area contributed by atoms with Gasteiger partial charge in [0.2, 0.25) is 0 Å². The lowest BCUT2D eigenvalue weighted by Gasteiger charge is -2.45. The van der Waals surface area contributed by atoms with Gasteiger partial charge in [-0.15, -0.1) is 10.2 Å². The fraction of sp³-hybridized carbons (Fsp3) is 0.650. The summed E-state index contributed by atoms with van der Waals surface area (Å²) in [4.78, 5) is 0. The summed E-state index contributed by atoms with van der Waals surface area (Å²) in [5, 5.41) is 91.7. The molecule has 0 saturated carbocycles. The molecule has 0 amide bonds. The zero-order chi connectivity index (χ0) is 23.9. The first-order chi connectivity index (χ1) is 15.7. The van der Waals surface area contributed by atoms with E-state index in [2.05, 4.69) is 15.4 Å². The van der Waals surface area contributed by atoms with Crippen LogP contribution in [0, 0.1) is 0 Å². The first-order valence-electron chi connectivity index (χ1n) is 10.4. The molecule has 0 radical (unpaired) electrons. The van der Waals surface area contributed by atoms with Crippen LogP contribution in [0.5, 0.6) is 0 Å². The largest absolute Gasteiger partial charge is 0.394 e. The van der Waals surface area contributed by atoms with Gasteiger partial charge in [-0.05, 0) is 16.4 Å². The van der Waals surface area contributed by atoms with Crippen molar-refractivity contribution in [2.45, 2.75) is 66.6 Å². The van der Waals surface area contributed by atoms with Crippen LogP contribution in [0.4, 0.5) is 0 Å². The Kier molecular flexibility index (Phi) is 6.89. The van der Waals surface area contributed by atoms with Crippen LogP contribution in [0.1, 0.15) is 17.2 Å². The van der Waals surface area contributed by atoms with Gasteiger partial charge in [-0.1, -0.05) is 24.3 Å². The summed E-state index contributed by atoms with van der Waals surface area (Å²) in [6, 6.07) is 6.23. The fourth-order valence-electron chi connectivity index (χ4n) is 4.45. The molecular weight excluding hydrogens is 442 g/mol. The Bertz CT molecular complexity index is 867. The maximum atomic E-state index is 10.6. The van der Waals surface area contributed by atoms with Gasteiger partial charge in [-0.25, -0.2) is 0 Å². The highest BCUT2D eigenvalue weighted by molar-refractivity contribution is 5.75. The SMILES string of the molecule is OC[C@H]1O[C@H](C2(c3ccc([C@H]4O[C@H](CO)[C@@H](O)[C@H](O)[C@@H]4O)cc3)C=NN=N2)[C@H](O)[C@@H](O)[C@@H]1O. The Balaban J connectivity index is 1.64. The van der Waals surface area contributed by atoms with Crippen molar-refractivity contribution in [2.24, 2.45) is 15.4 Å². The number of hydrogen-bond acceptors (Lipinski definition) is 13. The summed E-state index contributed by atoms with van der Waals surface area (Å²) in [6.45, 7) is -1.17. The van der Waals surface area contributed by atoms with Crippen molar-refractivity contribution in [3.8, 4) is 0 Å². The molecule has 3 aliphatic rings. The smallest absolute Gasteiger partial charge is 0.174 e. The van der Waals surface area contributed by atoms with Crippen LogP contribution in [-0.4, -0.2) is 115 Å². The third-order valence-electron chi connectivity index (χ3n) is 6.44. The second-order valence-corrected chi connectivity index (χ2v) is 8.38. The van der Waals surface area contributed by atoms with Crippen molar-refractivity contribution < 1.29 is 50.3 Å². The molecule has 8 N–H and O–H groups in total. The molecule has 11 atom stereocenters. The van der Waals surface area contributed by atoms with E-state index in [-0.39, 0.29) is 0 Å².